The van der Waals surface area contributed by atoms with Crippen molar-refractivity contribution in [1.82, 2.24) is 10.2 Å². The zero-order valence-corrected chi connectivity index (χ0v) is 16.1. The first-order chi connectivity index (χ1) is 9.70. The Bertz CT molecular complexity index is 402. The maximum absolute atomic E-state index is 6.18. The molecule has 1 atom stereocenters. The number of hydrogen-bond acceptors (Lipinski definition) is 2. The largest absolute Gasteiger partial charge is 0.314 e. The first-order valence-electron chi connectivity index (χ1n) is 7.61. The summed E-state index contributed by atoms with van der Waals surface area (Å²) in [6.07, 6.45) is 4.99. The van der Waals surface area contributed by atoms with Crippen LogP contribution in [0.25, 0.3) is 0 Å². The predicted octanol–water partition coefficient (Wildman–Crippen LogP) is 5.36. The monoisotopic (exact) mass is 386 g/mol. The van der Waals surface area contributed by atoms with Crippen LogP contribution in [0, 0.1) is 0 Å². The molecule has 0 radical (unpaired) electrons. The van der Waals surface area contributed by atoms with Crippen molar-refractivity contribution in [3.8, 4) is 0 Å². The highest BCUT2D eigenvalue weighted by Crippen LogP contribution is 2.31. The second-order valence-electron chi connectivity index (χ2n) is 5.50. The first-order valence-corrected chi connectivity index (χ1v) is 8.37. The van der Waals surface area contributed by atoms with Gasteiger partial charge < -0.3 is 5.32 Å². The fourth-order valence-electron chi connectivity index (χ4n) is 2.91. The van der Waals surface area contributed by atoms with Gasteiger partial charge in [0.2, 0.25) is 0 Å². The van der Waals surface area contributed by atoms with Gasteiger partial charge in [-0.1, -0.05) is 49.4 Å². The number of nitrogens with one attached hydrogen (secondary N) is 1. The quantitative estimate of drug-likeness (QED) is 0.660. The van der Waals surface area contributed by atoms with Crippen LogP contribution in [0.5, 0.6) is 0 Å². The number of piperazine rings is 1. The second kappa shape index (κ2) is 11.8. The molecular weight excluding hydrogens is 362 g/mol. The second-order valence-corrected chi connectivity index (χ2v) is 6.37. The molecule has 1 N–H and O–H groups in total. The van der Waals surface area contributed by atoms with Crippen molar-refractivity contribution in [3.05, 3.63) is 33.8 Å². The van der Waals surface area contributed by atoms with Crippen LogP contribution in [0.4, 0.5) is 0 Å². The van der Waals surface area contributed by atoms with Crippen molar-refractivity contribution in [2.45, 2.75) is 38.6 Å². The minimum atomic E-state index is 0. The highest BCUT2D eigenvalue weighted by Gasteiger charge is 2.22. The van der Waals surface area contributed by atoms with E-state index in [1.54, 1.807) is 0 Å². The lowest BCUT2D eigenvalue weighted by Crippen LogP contribution is -2.45. The van der Waals surface area contributed by atoms with Gasteiger partial charge in [-0.2, -0.15) is 0 Å². The standard InChI is InChI=1S/C16H24Cl2N2.2ClH/c1-2-3-4-5-16(20-8-6-19-7-9-20)13-10-14(17)12-15(18)11-13;;/h10-12,16,19H,2-9H2,1H3;2*1H/t16-;;/m0../s1. The van der Waals surface area contributed by atoms with Crippen LogP contribution in [0.3, 0.4) is 0 Å². The highest BCUT2D eigenvalue weighted by atomic mass is 35.5. The molecule has 1 fully saturated rings. The van der Waals surface area contributed by atoms with Crippen LogP contribution in [0.1, 0.15) is 44.2 Å². The van der Waals surface area contributed by atoms with Crippen LogP contribution in [0.15, 0.2) is 18.2 Å². The lowest BCUT2D eigenvalue weighted by Gasteiger charge is -2.35. The third-order valence-corrected chi connectivity index (χ3v) is 4.38. The summed E-state index contributed by atoms with van der Waals surface area (Å²) < 4.78 is 0. The summed E-state index contributed by atoms with van der Waals surface area (Å²) in [7, 11) is 0. The number of halogens is 4. The summed E-state index contributed by atoms with van der Waals surface area (Å²) in [5.74, 6) is 0. The average Bonchev–Trinajstić information content (AvgIpc) is 2.43. The third kappa shape index (κ3) is 6.82. The van der Waals surface area contributed by atoms with E-state index in [-0.39, 0.29) is 24.8 Å². The summed E-state index contributed by atoms with van der Waals surface area (Å²) in [5.41, 5.74) is 1.26. The topological polar surface area (TPSA) is 15.3 Å². The maximum Gasteiger partial charge on any atom is 0.0424 e. The molecule has 1 aromatic rings. The van der Waals surface area contributed by atoms with E-state index in [2.05, 4.69) is 29.3 Å². The number of unbranched alkanes of at least 4 members (excludes halogenated alkanes) is 2. The third-order valence-electron chi connectivity index (χ3n) is 3.94. The Hall–Kier alpha value is 0.300. The van der Waals surface area contributed by atoms with E-state index >= 15 is 0 Å². The van der Waals surface area contributed by atoms with Crippen LogP contribution < -0.4 is 5.32 Å². The fourth-order valence-corrected chi connectivity index (χ4v) is 3.45. The van der Waals surface area contributed by atoms with E-state index in [4.69, 9.17) is 23.2 Å². The van der Waals surface area contributed by atoms with Gasteiger partial charge >= 0.3 is 0 Å². The van der Waals surface area contributed by atoms with Crippen molar-refractivity contribution in [1.29, 1.82) is 0 Å². The average molecular weight is 388 g/mol. The van der Waals surface area contributed by atoms with Gasteiger partial charge in [-0.3, -0.25) is 4.90 Å². The molecule has 0 saturated carbocycles. The van der Waals surface area contributed by atoms with Crippen LogP contribution in [0.2, 0.25) is 10.0 Å². The normalized spacial score (nSPS) is 16.5. The fraction of sp³-hybridized carbons (Fsp3) is 0.625. The van der Waals surface area contributed by atoms with Gasteiger partial charge in [-0.05, 0) is 30.2 Å². The molecule has 1 saturated heterocycles. The molecule has 0 spiro atoms. The number of rotatable bonds is 6. The van der Waals surface area contributed by atoms with E-state index in [1.165, 1.54) is 31.2 Å². The Morgan fingerprint density at radius 3 is 2.18 bits per heavy atom. The number of nitrogens with zero attached hydrogens (tertiary/aromatic N) is 1. The Morgan fingerprint density at radius 1 is 1.05 bits per heavy atom. The molecule has 1 aliphatic rings. The number of hydrogen-bond donors (Lipinski definition) is 1. The summed E-state index contributed by atoms with van der Waals surface area (Å²) in [6, 6.07) is 6.41. The van der Waals surface area contributed by atoms with E-state index < -0.39 is 0 Å². The predicted molar refractivity (Wildman–Crippen MR) is 102 cm³/mol. The van der Waals surface area contributed by atoms with Gasteiger partial charge in [-0.15, -0.1) is 24.8 Å². The minimum absolute atomic E-state index is 0. The van der Waals surface area contributed by atoms with Crippen molar-refractivity contribution in [2.24, 2.45) is 0 Å². The van der Waals surface area contributed by atoms with Gasteiger partial charge in [0.15, 0.2) is 0 Å². The molecule has 1 aromatic carbocycles. The van der Waals surface area contributed by atoms with Crippen LogP contribution in [-0.4, -0.2) is 31.1 Å². The van der Waals surface area contributed by atoms with E-state index in [0.717, 1.165) is 36.2 Å². The van der Waals surface area contributed by atoms with E-state index in [0.29, 0.717) is 6.04 Å². The van der Waals surface area contributed by atoms with Crippen molar-refractivity contribution >= 4 is 48.0 Å². The Balaban J connectivity index is 0.00000220. The molecule has 0 aliphatic carbocycles. The minimum Gasteiger partial charge on any atom is -0.314 e. The Labute approximate surface area is 156 Å². The molecule has 2 rings (SSSR count). The molecule has 1 aliphatic heterocycles. The van der Waals surface area contributed by atoms with Crippen LogP contribution in [-0.2, 0) is 0 Å². The molecular formula is C16H26Cl4N2. The zero-order chi connectivity index (χ0) is 14.4. The summed E-state index contributed by atoms with van der Waals surface area (Å²) in [5, 5.41) is 4.90. The molecule has 0 bridgehead atoms. The smallest absolute Gasteiger partial charge is 0.0424 e. The lowest BCUT2D eigenvalue weighted by molar-refractivity contribution is 0.163. The Kier molecular flexibility index (Phi) is 11.9. The van der Waals surface area contributed by atoms with E-state index in [1.807, 2.05) is 6.07 Å². The number of benzene rings is 1. The molecule has 0 amide bonds. The SMILES string of the molecule is CCCCC[C@@H](c1cc(Cl)cc(Cl)c1)N1CCNCC1.Cl.Cl. The lowest BCUT2D eigenvalue weighted by atomic mass is 9.98. The summed E-state index contributed by atoms with van der Waals surface area (Å²) >= 11 is 12.4. The van der Waals surface area contributed by atoms with Crippen molar-refractivity contribution in [3.63, 3.8) is 0 Å². The summed E-state index contributed by atoms with van der Waals surface area (Å²) in [4.78, 5) is 2.56. The molecule has 0 unspecified atom stereocenters. The maximum atomic E-state index is 6.18. The Morgan fingerprint density at radius 2 is 1.64 bits per heavy atom. The van der Waals surface area contributed by atoms with Gasteiger partial charge in [-0.25, -0.2) is 0 Å². The summed E-state index contributed by atoms with van der Waals surface area (Å²) in [6.45, 7) is 6.58. The van der Waals surface area contributed by atoms with Gasteiger partial charge in [0, 0.05) is 42.3 Å². The highest BCUT2D eigenvalue weighted by molar-refractivity contribution is 6.34. The van der Waals surface area contributed by atoms with Crippen molar-refractivity contribution < 1.29 is 0 Å². The molecule has 0 aromatic heterocycles. The molecule has 128 valence electrons. The zero-order valence-electron chi connectivity index (χ0n) is 13.0. The van der Waals surface area contributed by atoms with Crippen LogP contribution >= 0.6 is 48.0 Å². The molecule has 1 heterocycles. The van der Waals surface area contributed by atoms with Gasteiger partial charge in [0.25, 0.3) is 0 Å². The molecule has 2 nitrogen and oxygen atoms in total. The van der Waals surface area contributed by atoms with E-state index in [9.17, 15) is 0 Å². The molecule has 22 heavy (non-hydrogen) atoms. The van der Waals surface area contributed by atoms with Gasteiger partial charge in [0.05, 0.1) is 0 Å². The first kappa shape index (κ1) is 22.3. The van der Waals surface area contributed by atoms with Crippen molar-refractivity contribution in [2.75, 3.05) is 26.2 Å². The molecule has 6 heteroatoms. The van der Waals surface area contributed by atoms with Gasteiger partial charge in [0.1, 0.15) is 0 Å².